The molecule has 0 aliphatic rings. The molecule has 209 valence electrons. The van der Waals surface area contributed by atoms with E-state index in [1.54, 1.807) is 30.5 Å². The molecule has 0 saturated heterocycles. The van der Waals surface area contributed by atoms with Gasteiger partial charge in [0.25, 0.3) is 0 Å². The Labute approximate surface area is 252 Å². The van der Waals surface area contributed by atoms with Crippen LogP contribution in [0.3, 0.4) is 0 Å². The second kappa shape index (κ2) is 13.5. The van der Waals surface area contributed by atoms with Crippen LogP contribution in [0, 0.1) is 17.4 Å². The summed E-state index contributed by atoms with van der Waals surface area (Å²) in [6.45, 7) is 0. The second-order valence-electron chi connectivity index (χ2n) is 8.46. The van der Waals surface area contributed by atoms with Crippen molar-refractivity contribution in [2.24, 2.45) is 0 Å². The quantitative estimate of drug-likeness (QED) is 0.187. The van der Waals surface area contributed by atoms with Crippen LogP contribution >= 0.6 is 0 Å². The van der Waals surface area contributed by atoms with E-state index in [4.69, 9.17) is 10.2 Å². The average molecular weight is 738 g/mol. The average Bonchev–Trinajstić information content (AvgIpc) is 3.54. The first kappa shape index (κ1) is 29.9. The molecular formula is C31H18F3IrN7-2. The molecule has 3 aromatic carbocycles. The molecule has 3 aromatic heterocycles. The normalized spacial score (nSPS) is 10.5. The predicted molar refractivity (Wildman–Crippen MR) is 145 cm³/mol. The smallest absolute Gasteiger partial charge is 0.413 e. The van der Waals surface area contributed by atoms with Crippen LogP contribution in [-0.4, -0.2) is 25.0 Å². The summed E-state index contributed by atoms with van der Waals surface area (Å²) in [6.07, 6.45) is -1.36. The number of benzene rings is 3. The van der Waals surface area contributed by atoms with Gasteiger partial charge in [-0.3, -0.25) is 15.1 Å². The summed E-state index contributed by atoms with van der Waals surface area (Å²) in [5.41, 5.74) is 6.11. The van der Waals surface area contributed by atoms with Crippen molar-refractivity contribution in [2.45, 2.75) is 6.18 Å². The first-order chi connectivity index (χ1) is 19.9. The molecule has 0 unspecified atom stereocenters. The SMILES string of the molecule is FC(F)(F)c1n[n-]c(-c2ccccn2)n1.N#Cc1ccc(-c2cnc(-c3[c-]cccc3)c(-c3ccccc3)n2)cc1.[Ir]. The Morgan fingerprint density at radius 3 is 2.10 bits per heavy atom. The van der Waals surface area contributed by atoms with E-state index in [9.17, 15) is 13.2 Å². The van der Waals surface area contributed by atoms with Crippen LogP contribution in [-0.2, 0) is 26.3 Å². The maximum atomic E-state index is 12.1. The molecule has 0 spiro atoms. The van der Waals surface area contributed by atoms with Crippen LogP contribution in [0.25, 0.3) is 45.3 Å². The number of nitrogens with zero attached hydrogens (tertiary/aromatic N) is 7. The predicted octanol–water partition coefficient (Wildman–Crippen LogP) is 6.66. The van der Waals surface area contributed by atoms with E-state index in [0.29, 0.717) is 5.56 Å². The number of aromatic nitrogens is 6. The molecule has 0 fully saturated rings. The van der Waals surface area contributed by atoms with E-state index in [2.05, 4.69) is 37.3 Å². The molecule has 11 heteroatoms. The third kappa shape index (κ3) is 7.18. The molecule has 0 aliphatic heterocycles. The molecule has 0 aliphatic carbocycles. The van der Waals surface area contributed by atoms with E-state index < -0.39 is 12.0 Å². The molecule has 0 N–H and O–H groups in total. The Balaban J connectivity index is 0.000000216. The van der Waals surface area contributed by atoms with E-state index in [1.165, 1.54) is 12.3 Å². The number of rotatable bonds is 4. The molecule has 6 rings (SSSR count). The molecule has 0 saturated carbocycles. The fraction of sp³-hybridized carbons (Fsp3) is 0.0323. The van der Waals surface area contributed by atoms with Crippen molar-refractivity contribution in [1.82, 2.24) is 30.1 Å². The second-order valence-corrected chi connectivity index (χ2v) is 8.46. The molecule has 7 nitrogen and oxygen atoms in total. The molecule has 0 atom stereocenters. The largest absolute Gasteiger partial charge is 0.429 e. The monoisotopic (exact) mass is 738 g/mol. The number of halogens is 3. The molecule has 3 heterocycles. The minimum absolute atomic E-state index is 0. The van der Waals surface area contributed by atoms with Crippen LogP contribution in [0.1, 0.15) is 11.4 Å². The minimum atomic E-state index is -4.57. The van der Waals surface area contributed by atoms with Crippen LogP contribution in [0.2, 0.25) is 0 Å². The number of hydrogen-bond donors (Lipinski definition) is 0. The molecular weight excluding hydrogens is 720 g/mol. The maximum Gasteiger partial charge on any atom is 0.429 e. The fourth-order valence-corrected chi connectivity index (χ4v) is 3.74. The topological polar surface area (TPSA) is 102 Å². The standard InChI is InChI=1S/C23H14N3.C8H4F3N4.Ir/c24-15-17-11-13-18(14-12-17)21-16-25-22(19-7-3-1-4-8-19)23(26-21)20-9-5-2-6-10-20;9-8(10,11)7-13-6(14-15-7)5-3-1-2-4-12-5;/h1-7,9-14,16H;1-4H;/q2*-1;. The third-order valence-electron chi connectivity index (χ3n) is 5.69. The van der Waals surface area contributed by atoms with Crippen molar-refractivity contribution in [2.75, 3.05) is 0 Å². The maximum absolute atomic E-state index is 12.1. The zero-order valence-electron chi connectivity index (χ0n) is 21.5. The molecule has 42 heavy (non-hydrogen) atoms. The molecule has 0 amide bonds. The minimum Gasteiger partial charge on any atom is -0.413 e. The number of alkyl halides is 3. The van der Waals surface area contributed by atoms with E-state index in [0.717, 1.165) is 33.8 Å². The zero-order chi connectivity index (χ0) is 28.7. The van der Waals surface area contributed by atoms with Crippen LogP contribution in [0.4, 0.5) is 13.2 Å². The van der Waals surface area contributed by atoms with Crippen LogP contribution < -0.4 is 5.10 Å². The van der Waals surface area contributed by atoms with Gasteiger partial charge in [-0.1, -0.05) is 48.5 Å². The van der Waals surface area contributed by atoms with E-state index in [1.807, 2.05) is 66.7 Å². The molecule has 0 bridgehead atoms. The zero-order valence-corrected chi connectivity index (χ0v) is 23.9. The summed E-state index contributed by atoms with van der Waals surface area (Å²) in [6, 6.07) is 35.3. The van der Waals surface area contributed by atoms with Gasteiger partial charge in [0.05, 0.1) is 28.7 Å². The van der Waals surface area contributed by atoms with Gasteiger partial charge in [0.15, 0.2) is 0 Å². The summed E-state index contributed by atoms with van der Waals surface area (Å²) in [5.74, 6) is -1.37. The summed E-state index contributed by atoms with van der Waals surface area (Å²) in [4.78, 5) is 16.6. The van der Waals surface area contributed by atoms with Gasteiger partial charge in [-0.2, -0.15) is 18.4 Å². The van der Waals surface area contributed by atoms with Crippen molar-refractivity contribution < 1.29 is 33.3 Å². The van der Waals surface area contributed by atoms with Crippen molar-refractivity contribution >= 4 is 0 Å². The molecule has 1 radical (unpaired) electrons. The van der Waals surface area contributed by atoms with Crippen LogP contribution in [0.5, 0.6) is 0 Å². The van der Waals surface area contributed by atoms with Gasteiger partial charge in [-0.05, 0) is 35.7 Å². The summed E-state index contributed by atoms with van der Waals surface area (Å²) < 4.78 is 36.4. The Hall–Kier alpha value is -5.04. The van der Waals surface area contributed by atoms with Gasteiger partial charge in [0.2, 0.25) is 0 Å². The Bertz CT molecular complexity index is 1770. The van der Waals surface area contributed by atoms with Crippen LogP contribution in [0.15, 0.2) is 109 Å². The van der Waals surface area contributed by atoms with Crippen molar-refractivity contribution in [3.8, 4) is 51.4 Å². The van der Waals surface area contributed by atoms with Gasteiger partial charge >= 0.3 is 6.18 Å². The van der Waals surface area contributed by atoms with E-state index >= 15 is 0 Å². The van der Waals surface area contributed by atoms with Gasteiger partial charge in [0, 0.05) is 43.8 Å². The number of nitriles is 1. The van der Waals surface area contributed by atoms with Gasteiger partial charge in [-0.25, -0.2) is 0 Å². The fourth-order valence-electron chi connectivity index (χ4n) is 3.74. The third-order valence-corrected chi connectivity index (χ3v) is 5.69. The van der Waals surface area contributed by atoms with Crippen molar-refractivity contribution in [1.29, 1.82) is 5.26 Å². The Morgan fingerprint density at radius 1 is 0.738 bits per heavy atom. The van der Waals surface area contributed by atoms with Gasteiger partial charge in [0.1, 0.15) is 5.82 Å². The Kier molecular flexibility index (Phi) is 9.65. The summed E-state index contributed by atoms with van der Waals surface area (Å²) in [7, 11) is 0. The van der Waals surface area contributed by atoms with Crippen molar-refractivity contribution in [3.63, 3.8) is 0 Å². The van der Waals surface area contributed by atoms with Gasteiger partial charge in [-0.15, -0.1) is 35.9 Å². The first-order valence-corrected chi connectivity index (χ1v) is 12.2. The van der Waals surface area contributed by atoms with E-state index in [-0.39, 0.29) is 31.6 Å². The number of hydrogen-bond acceptors (Lipinski definition) is 6. The van der Waals surface area contributed by atoms with Gasteiger partial charge < -0.3 is 15.1 Å². The summed E-state index contributed by atoms with van der Waals surface area (Å²) in [5, 5.41) is 15.2. The number of pyridine rings is 1. The Morgan fingerprint density at radius 2 is 1.48 bits per heavy atom. The first-order valence-electron chi connectivity index (χ1n) is 12.2. The van der Waals surface area contributed by atoms with Crippen molar-refractivity contribution in [3.05, 3.63) is 127 Å². The summed E-state index contributed by atoms with van der Waals surface area (Å²) >= 11 is 0. The molecule has 6 aromatic rings.